The van der Waals surface area contributed by atoms with Crippen molar-refractivity contribution < 1.29 is 13.2 Å². The average molecular weight is 231 g/mol. The molecule has 1 rings (SSSR count). The smallest absolute Gasteiger partial charge is 0.251 e. The normalized spacial score (nSPS) is 12.6. The van der Waals surface area contributed by atoms with Crippen LogP contribution >= 0.6 is 0 Å². The van der Waals surface area contributed by atoms with Gasteiger partial charge in [-0.05, 0) is 29.0 Å². The summed E-state index contributed by atoms with van der Waals surface area (Å²) >= 11 is 0. The van der Waals surface area contributed by atoms with E-state index in [9.17, 15) is 13.2 Å². The minimum absolute atomic E-state index is 0.0708. The number of hydrogen-bond acceptors (Lipinski definition) is 1. The van der Waals surface area contributed by atoms with E-state index in [1.165, 1.54) is 12.3 Å². The van der Waals surface area contributed by atoms with Gasteiger partial charge >= 0.3 is 6.18 Å². The number of alkyl halides is 3. The van der Waals surface area contributed by atoms with Gasteiger partial charge in [0, 0.05) is 6.20 Å². The molecule has 0 radical (unpaired) electrons. The van der Waals surface area contributed by atoms with E-state index in [1.807, 2.05) is 27.7 Å². The third-order valence-corrected chi connectivity index (χ3v) is 2.50. The first-order chi connectivity index (χ1) is 7.23. The van der Waals surface area contributed by atoms with Crippen molar-refractivity contribution in [1.29, 1.82) is 0 Å². The average Bonchev–Trinajstić information content (AvgIpc) is 2.15. The highest BCUT2D eigenvalue weighted by atomic mass is 19.4. The zero-order valence-corrected chi connectivity index (χ0v) is 9.89. The molecular weight excluding hydrogens is 215 g/mol. The Balaban J connectivity index is 3.29. The van der Waals surface area contributed by atoms with Crippen molar-refractivity contribution in [2.24, 2.45) is 0 Å². The van der Waals surface area contributed by atoms with Crippen LogP contribution in [0.3, 0.4) is 0 Å². The number of nitrogens with zero attached hydrogens (tertiary/aromatic N) is 1. The molecule has 1 nitrogen and oxygen atoms in total. The molecule has 0 unspecified atom stereocenters. The van der Waals surface area contributed by atoms with Crippen LogP contribution in [0.2, 0.25) is 0 Å². The van der Waals surface area contributed by atoms with Crippen LogP contribution in [-0.4, -0.2) is 4.98 Å². The van der Waals surface area contributed by atoms with Crippen molar-refractivity contribution in [2.75, 3.05) is 0 Å². The molecule has 1 aromatic heterocycles. The lowest BCUT2D eigenvalue weighted by molar-refractivity contribution is -0.141. The molecule has 0 aliphatic rings. The predicted molar refractivity (Wildman–Crippen MR) is 57.4 cm³/mol. The van der Waals surface area contributed by atoms with Gasteiger partial charge in [0.25, 0.3) is 0 Å². The predicted octanol–water partition coefficient (Wildman–Crippen LogP) is 4.35. The van der Waals surface area contributed by atoms with Gasteiger partial charge in [-0.3, -0.25) is 4.98 Å². The Kier molecular flexibility index (Phi) is 3.61. The molecular formula is C12H16F3N. The second-order valence-corrected chi connectivity index (χ2v) is 4.51. The lowest BCUT2D eigenvalue weighted by Gasteiger charge is -2.17. The van der Waals surface area contributed by atoms with Gasteiger partial charge in [0.2, 0.25) is 0 Å². The van der Waals surface area contributed by atoms with E-state index in [0.717, 1.165) is 11.1 Å². The summed E-state index contributed by atoms with van der Waals surface area (Å²) in [4.78, 5) is 3.49. The molecule has 1 aromatic rings. The molecule has 0 saturated carbocycles. The SMILES string of the molecule is CC(C)c1cnc(C(F)(F)F)cc1C(C)C. The standard InChI is InChI=1S/C12H16F3N/c1-7(2)9-5-11(12(13,14)15)16-6-10(9)8(3)4/h5-8H,1-4H3. The van der Waals surface area contributed by atoms with Crippen molar-refractivity contribution in [3.05, 3.63) is 29.1 Å². The minimum atomic E-state index is -4.36. The Morgan fingerprint density at radius 2 is 1.50 bits per heavy atom. The van der Waals surface area contributed by atoms with Crippen LogP contribution in [0.4, 0.5) is 13.2 Å². The van der Waals surface area contributed by atoms with Crippen molar-refractivity contribution in [3.63, 3.8) is 0 Å². The van der Waals surface area contributed by atoms with Gasteiger partial charge < -0.3 is 0 Å². The van der Waals surface area contributed by atoms with E-state index in [2.05, 4.69) is 4.98 Å². The highest BCUT2D eigenvalue weighted by Crippen LogP contribution is 2.32. The highest BCUT2D eigenvalue weighted by molar-refractivity contribution is 5.32. The quantitative estimate of drug-likeness (QED) is 0.737. The van der Waals surface area contributed by atoms with Crippen molar-refractivity contribution in [2.45, 2.75) is 45.7 Å². The van der Waals surface area contributed by atoms with Crippen molar-refractivity contribution in [3.8, 4) is 0 Å². The molecule has 0 aromatic carbocycles. The topological polar surface area (TPSA) is 12.9 Å². The Bertz CT molecular complexity index is 367. The summed E-state index contributed by atoms with van der Waals surface area (Å²) in [5, 5.41) is 0. The van der Waals surface area contributed by atoms with Crippen LogP contribution < -0.4 is 0 Å². The molecule has 0 spiro atoms. The van der Waals surface area contributed by atoms with Gasteiger partial charge in [-0.2, -0.15) is 13.2 Å². The van der Waals surface area contributed by atoms with Gasteiger partial charge in [0.15, 0.2) is 0 Å². The highest BCUT2D eigenvalue weighted by Gasteiger charge is 2.33. The van der Waals surface area contributed by atoms with E-state index >= 15 is 0 Å². The summed E-state index contributed by atoms with van der Waals surface area (Å²) in [6.07, 6.45) is -3.01. The second-order valence-electron chi connectivity index (χ2n) is 4.51. The van der Waals surface area contributed by atoms with Crippen LogP contribution in [0, 0.1) is 0 Å². The zero-order chi connectivity index (χ0) is 12.5. The summed E-state index contributed by atoms with van der Waals surface area (Å²) in [5.41, 5.74) is 0.820. The van der Waals surface area contributed by atoms with Gasteiger partial charge in [0.1, 0.15) is 5.69 Å². The van der Waals surface area contributed by atoms with Crippen molar-refractivity contribution in [1.82, 2.24) is 4.98 Å². The molecule has 0 atom stereocenters. The van der Waals surface area contributed by atoms with E-state index in [1.54, 1.807) is 0 Å². The van der Waals surface area contributed by atoms with Crippen LogP contribution in [0.15, 0.2) is 12.3 Å². The molecule has 0 N–H and O–H groups in total. The minimum Gasteiger partial charge on any atom is -0.251 e. The zero-order valence-electron chi connectivity index (χ0n) is 9.89. The van der Waals surface area contributed by atoms with E-state index in [0.29, 0.717) is 0 Å². The fourth-order valence-corrected chi connectivity index (χ4v) is 1.62. The molecule has 0 amide bonds. The third kappa shape index (κ3) is 2.74. The molecule has 0 saturated heterocycles. The lowest BCUT2D eigenvalue weighted by Crippen LogP contribution is -2.11. The van der Waals surface area contributed by atoms with Crippen LogP contribution in [-0.2, 0) is 6.18 Å². The monoisotopic (exact) mass is 231 g/mol. The van der Waals surface area contributed by atoms with E-state index in [4.69, 9.17) is 0 Å². The Hall–Kier alpha value is -1.06. The second kappa shape index (κ2) is 4.44. The van der Waals surface area contributed by atoms with Crippen LogP contribution in [0.1, 0.15) is 56.4 Å². The number of halogens is 3. The van der Waals surface area contributed by atoms with Gasteiger partial charge in [-0.15, -0.1) is 0 Å². The fourth-order valence-electron chi connectivity index (χ4n) is 1.62. The molecule has 90 valence electrons. The third-order valence-electron chi connectivity index (χ3n) is 2.50. The molecule has 16 heavy (non-hydrogen) atoms. The maximum absolute atomic E-state index is 12.5. The van der Waals surface area contributed by atoms with Gasteiger partial charge in [-0.1, -0.05) is 27.7 Å². The first-order valence-corrected chi connectivity index (χ1v) is 5.30. The largest absolute Gasteiger partial charge is 0.433 e. The summed E-state index contributed by atoms with van der Waals surface area (Å²) < 4.78 is 37.5. The van der Waals surface area contributed by atoms with Crippen molar-refractivity contribution >= 4 is 0 Å². The maximum Gasteiger partial charge on any atom is 0.433 e. The molecule has 0 aliphatic carbocycles. The Morgan fingerprint density at radius 3 is 1.88 bits per heavy atom. The summed E-state index contributed by atoms with van der Waals surface area (Å²) in [5.74, 6) is 0.258. The molecule has 0 bridgehead atoms. The fraction of sp³-hybridized carbons (Fsp3) is 0.583. The number of aromatic nitrogens is 1. The van der Waals surface area contributed by atoms with Gasteiger partial charge in [-0.25, -0.2) is 0 Å². The summed E-state index contributed by atoms with van der Waals surface area (Å²) in [6, 6.07) is 1.17. The Labute approximate surface area is 93.7 Å². The summed E-state index contributed by atoms with van der Waals surface area (Å²) in [7, 11) is 0. The van der Waals surface area contributed by atoms with Gasteiger partial charge in [0.05, 0.1) is 0 Å². The number of hydrogen-bond donors (Lipinski definition) is 0. The maximum atomic E-state index is 12.5. The van der Waals surface area contributed by atoms with Crippen LogP contribution in [0.5, 0.6) is 0 Å². The van der Waals surface area contributed by atoms with E-state index < -0.39 is 11.9 Å². The van der Waals surface area contributed by atoms with E-state index in [-0.39, 0.29) is 11.8 Å². The Morgan fingerprint density at radius 1 is 1.00 bits per heavy atom. The molecule has 0 aliphatic heterocycles. The molecule has 4 heteroatoms. The first-order valence-electron chi connectivity index (χ1n) is 5.30. The summed E-state index contributed by atoms with van der Waals surface area (Å²) in [6.45, 7) is 7.69. The first kappa shape index (κ1) is 13.0. The number of pyridine rings is 1. The molecule has 0 fully saturated rings. The molecule has 1 heterocycles. The number of rotatable bonds is 2. The lowest BCUT2D eigenvalue weighted by atomic mass is 9.92. The van der Waals surface area contributed by atoms with Crippen LogP contribution in [0.25, 0.3) is 0 Å².